The molecule has 2 fully saturated rings. The fourth-order valence-corrected chi connectivity index (χ4v) is 4.61. The highest BCUT2D eigenvalue weighted by Gasteiger charge is 2.50. The predicted molar refractivity (Wildman–Crippen MR) is 110 cm³/mol. The van der Waals surface area contributed by atoms with Gasteiger partial charge < -0.3 is 14.4 Å². The van der Waals surface area contributed by atoms with E-state index in [1.807, 2.05) is 32.9 Å². The molecule has 4 rings (SSSR count). The molecule has 30 heavy (non-hydrogen) atoms. The molecular weight excluding hydrogens is 384 g/mol. The first-order valence-corrected chi connectivity index (χ1v) is 10.7. The van der Waals surface area contributed by atoms with Crippen LogP contribution < -0.4 is 10.1 Å². The molecule has 1 aromatic rings. The molecule has 1 unspecified atom stereocenters. The highest BCUT2D eigenvalue weighted by molar-refractivity contribution is 6.04. The largest absolute Gasteiger partial charge is 0.492 e. The van der Waals surface area contributed by atoms with E-state index < -0.39 is 11.0 Å². The number of piperidine rings is 2. The highest BCUT2D eigenvalue weighted by atomic mass is 16.6. The lowest BCUT2D eigenvalue weighted by molar-refractivity contribution is -0.138. The molecule has 3 amide bonds. The third kappa shape index (κ3) is 4.02. The van der Waals surface area contributed by atoms with Crippen LogP contribution in [0, 0.1) is 5.92 Å². The number of benzene rings is 1. The van der Waals surface area contributed by atoms with E-state index in [-0.39, 0.29) is 17.9 Å². The van der Waals surface area contributed by atoms with E-state index in [0.717, 1.165) is 30.6 Å². The monoisotopic (exact) mass is 414 g/mol. The summed E-state index contributed by atoms with van der Waals surface area (Å²) < 4.78 is 11.3. The summed E-state index contributed by atoms with van der Waals surface area (Å²) in [4.78, 5) is 38.1. The average molecular weight is 415 g/mol. The van der Waals surface area contributed by atoms with Gasteiger partial charge in [-0.3, -0.25) is 14.9 Å². The lowest BCUT2D eigenvalue weighted by Gasteiger charge is -2.33. The van der Waals surface area contributed by atoms with E-state index in [1.54, 1.807) is 4.90 Å². The minimum atomic E-state index is -0.736. The van der Waals surface area contributed by atoms with Crippen LogP contribution >= 0.6 is 0 Å². The van der Waals surface area contributed by atoms with Crippen LogP contribution in [-0.2, 0) is 26.2 Å². The van der Waals surface area contributed by atoms with Gasteiger partial charge in [-0.2, -0.15) is 0 Å². The van der Waals surface area contributed by atoms with E-state index in [1.165, 1.54) is 5.56 Å². The van der Waals surface area contributed by atoms with Crippen molar-refractivity contribution in [2.45, 2.75) is 63.9 Å². The summed E-state index contributed by atoms with van der Waals surface area (Å²) in [6.07, 6.45) is 3.38. The normalized spacial score (nSPS) is 24.4. The first kappa shape index (κ1) is 20.7. The Balaban J connectivity index is 1.37. The Bertz CT molecular complexity index is 867. The Labute approximate surface area is 177 Å². The number of hydrogen-bond donors (Lipinski definition) is 1. The molecule has 1 aromatic carbocycles. The molecule has 0 radical (unpaired) electrons. The van der Waals surface area contributed by atoms with Crippen molar-refractivity contribution in [3.63, 3.8) is 0 Å². The number of carbonyl (C=O) groups excluding carboxylic acids is 3. The number of nitrogens with zero attached hydrogens (tertiary/aromatic N) is 1. The molecule has 1 spiro atoms. The molecule has 1 atom stereocenters. The van der Waals surface area contributed by atoms with Crippen LogP contribution in [0.2, 0.25) is 0 Å². The van der Waals surface area contributed by atoms with Crippen molar-refractivity contribution in [2.75, 3.05) is 19.7 Å². The number of nitrogens with one attached hydrogen (secondary N) is 1. The number of amides is 3. The third-order valence-corrected chi connectivity index (χ3v) is 6.29. The van der Waals surface area contributed by atoms with Crippen molar-refractivity contribution in [3.8, 4) is 5.75 Å². The van der Waals surface area contributed by atoms with Gasteiger partial charge in [0, 0.05) is 25.1 Å². The fourth-order valence-electron chi connectivity index (χ4n) is 4.61. The number of likely N-dealkylation sites (tertiary alicyclic amines) is 1. The van der Waals surface area contributed by atoms with Crippen molar-refractivity contribution in [2.24, 2.45) is 5.92 Å². The SMILES string of the molecule is CC(C)(C)OC(=O)N1CCC(Cc2ccc3c(c2)OCC32CCC(=O)NC2=O)CC1. The lowest BCUT2D eigenvalue weighted by Crippen LogP contribution is -2.52. The molecule has 2 saturated heterocycles. The Morgan fingerprint density at radius 3 is 2.67 bits per heavy atom. The van der Waals surface area contributed by atoms with Gasteiger partial charge in [0.25, 0.3) is 0 Å². The molecule has 0 aliphatic carbocycles. The van der Waals surface area contributed by atoms with Crippen LogP contribution in [0.4, 0.5) is 4.79 Å². The van der Waals surface area contributed by atoms with Crippen molar-refractivity contribution in [3.05, 3.63) is 29.3 Å². The first-order chi connectivity index (χ1) is 14.2. The predicted octanol–water partition coefficient (Wildman–Crippen LogP) is 2.94. The summed E-state index contributed by atoms with van der Waals surface area (Å²) in [6.45, 7) is 7.35. The summed E-state index contributed by atoms with van der Waals surface area (Å²) in [7, 11) is 0. The lowest BCUT2D eigenvalue weighted by atomic mass is 9.75. The van der Waals surface area contributed by atoms with Gasteiger partial charge in [-0.1, -0.05) is 12.1 Å². The van der Waals surface area contributed by atoms with E-state index in [0.29, 0.717) is 38.5 Å². The van der Waals surface area contributed by atoms with Crippen LogP contribution in [0.15, 0.2) is 18.2 Å². The van der Waals surface area contributed by atoms with Crippen LogP contribution in [0.5, 0.6) is 5.75 Å². The van der Waals surface area contributed by atoms with Gasteiger partial charge in [0.1, 0.15) is 23.4 Å². The van der Waals surface area contributed by atoms with Crippen molar-refractivity contribution in [1.29, 1.82) is 0 Å². The van der Waals surface area contributed by atoms with Gasteiger partial charge in [-0.05, 0) is 64.0 Å². The summed E-state index contributed by atoms with van der Waals surface area (Å²) in [6, 6.07) is 6.09. The number of hydrogen-bond acceptors (Lipinski definition) is 5. The standard InChI is InChI=1S/C23H30N2O5/c1-22(2,3)30-21(28)25-10-7-15(8-11-25)12-16-4-5-17-18(13-16)29-14-23(17)9-6-19(26)24-20(23)27/h4-5,13,15H,6-12,14H2,1-3H3,(H,24,26,27). The van der Waals surface area contributed by atoms with Gasteiger partial charge in [-0.15, -0.1) is 0 Å². The van der Waals surface area contributed by atoms with Crippen LogP contribution in [0.25, 0.3) is 0 Å². The molecule has 0 bridgehead atoms. The third-order valence-electron chi connectivity index (χ3n) is 6.29. The number of ether oxygens (including phenoxy) is 2. The fraction of sp³-hybridized carbons (Fsp3) is 0.609. The second-order valence-corrected chi connectivity index (χ2v) is 9.69. The average Bonchev–Trinajstić information content (AvgIpc) is 3.03. The maximum atomic E-state index is 12.5. The Morgan fingerprint density at radius 1 is 1.27 bits per heavy atom. The van der Waals surface area contributed by atoms with Crippen LogP contribution in [0.3, 0.4) is 0 Å². The highest BCUT2D eigenvalue weighted by Crippen LogP contribution is 2.44. The minimum absolute atomic E-state index is 0.214. The zero-order valence-electron chi connectivity index (χ0n) is 18.0. The molecule has 1 N–H and O–H groups in total. The number of rotatable bonds is 2. The first-order valence-electron chi connectivity index (χ1n) is 10.7. The maximum Gasteiger partial charge on any atom is 0.410 e. The summed E-state index contributed by atoms with van der Waals surface area (Å²) >= 11 is 0. The van der Waals surface area contributed by atoms with Crippen LogP contribution in [0.1, 0.15) is 57.6 Å². The van der Waals surface area contributed by atoms with Crippen LogP contribution in [-0.4, -0.2) is 48.1 Å². The Hall–Kier alpha value is -2.57. The molecule has 0 aromatic heterocycles. The molecule has 3 aliphatic rings. The minimum Gasteiger partial charge on any atom is -0.492 e. The van der Waals surface area contributed by atoms with Gasteiger partial charge in [0.15, 0.2) is 0 Å². The molecule has 0 saturated carbocycles. The smallest absolute Gasteiger partial charge is 0.410 e. The zero-order valence-corrected chi connectivity index (χ0v) is 18.0. The number of fused-ring (bicyclic) bond motifs is 2. The van der Waals surface area contributed by atoms with Gasteiger partial charge in [-0.25, -0.2) is 4.79 Å². The quantitative estimate of drug-likeness (QED) is 0.752. The van der Waals surface area contributed by atoms with E-state index in [9.17, 15) is 14.4 Å². The molecule has 7 nitrogen and oxygen atoms in total. The van der Waals surface area contributed by atoms with Crippen molar-refractivity contribution in [1.82, 2.24) is 10.2 Å². The molecule has 162 valence electrons. The number of imide groups is 1. The van der Waals surface area contributed by atoms with Gasteiger partial charge in [0.05, 0.1) is 0 Å². The molecule has 7 heteroatoms. The summed E-state index contributed by atoms with van der Waals surface area (Å²) in [5, 5.41) is 2.46. The summed E-state index contributed by atoms with van der Waals surface area (Å²) in [5.74, 6) is 0.782. The van der Waals surface area contributed by atoms with E-state index in [4.69, 9.17) is 9.47 Å². The summed E-state index contributed by atoms with van der Waals surface area (Å²) in [5.41, 5.74) is 0.850. The van der Waals surface area contributed by atoms with Crippen molar-refractivity contribution >= 4 is 17.9 Å². The zero-order chi connectivity index (χ0) is 21.5. The molecule has 3 aliphatic heterocycles. The number of carbonyl (C=O) groups is 3. The second-order valence-electron chi connectivity index (χ2n) is 9.69. The van der Waals surface area contributed by atoms with Gasteiger partial charge in [0.2, 0.25) is 11.8 Å². The Morgan fingerprint density at radius 2 is 2.00 bits per heavy atom. The molecular formula is C23H30N2O5. The Kier molecular flexibility index (Phi) is 5.24. The topological polar surface area (TPSA) is 84.9 Å². The maximum absolute atomic E-state index is 12.5. The van der Waals surface area contributed by atoms with Gasteiger partial charge >= 0.3 is 6.09 Å². The molecule has 3 heterocycles. The second kappa shape index (κ2) is 7.60. The van der Waals surface area contributed by atoms with E-state index in [2.05, 4.69) is 11.4 Å². The van der Waals surface area contributed by atoms with E-state index >= 15 is 0 Å². The van der Waals surface area contributed by atoms with Crippen molar-refractivity contribution < 1.29 is 23.9 Å².